The Morgan fingerprint density at radius 2 is 2.00 bits per heavy atom. The molecule has 0 spiro atoms. The van der Waals surface area contributed by atoms with Gasteiger partial charge in [0.1, 0.15) is 11.5 Å². The summed E-state index contributed by atoms with van der Waals surface area (Å²) in [5.74, 6) is 1.17. The average molecular weight is 453 g/mol. The van der Waals surface area contributed by atoms with Gasteiger partial charge >= 0.3 is 6.03 Å². The second-order valence-corrected chi connectivity index (χ2v) is 8.70. The Bertz CT molecular complexity index is 1140. The van der Waals surface area contributed by atoms with E-state index >= 15 is 0 Å². The van der Waals surface area contributed by atoms with Gasteiger partial charge < -0.3 is 19.2 Å². The van der Waals surface area contributed by atoms with Crippen LogP contribution in [-0.4, -0.2) is 83.6 Å². The van der Waals surface area contributed by atoms with Gasteiger partial charge in [-0.2, -0.15) is 0 Å². The summed E-state index contributed by atoms with van der Waals surface area (Å²) in [6.07, 6.45) is 1.47. The van der Waals surface area contributed by atoms with Gasteiger partial charge in [0.2, 0.25) is 0 Å². The van der Waals surface area contributed by atoms with Crippen molar-refractivity contribution in [1.29, 1.82) is 0 Å². The van der Waals surface area contributed by atoms with Gasteiger partial charge in [0, 0.05) is 58.4 Å². The minimum absolute atomic E-state index is 0.231. The highest BCUT2D eigenvalue weighted by atomic mass is 16.5. The quantitative estimate of drug-likeness (QED) is 0.557. The molecule has 3 aromatic rings. The normalized spacial score (nSPS) is 14.5. The largest absolute Gasteiger partial charge is 0.379 e. The lowest BCUT2D eigenvalue weighted by molar-refractivity contribution is 0.0381. The lowest BCUT2D eigenvalue weighted by Crippen LogP contribution is -2.39. The number of nitrogens with one attached hydrogen (secondary N) is 1. The van der Waals surface area contributed by atoms with Crippen LogP contribution in [0.25, 0.3) is 10.9 Å². The summed E-state index contributed by atoms with van der Waals surface area (Å²) in [6, 6.07) is 8.06. The highest BCUT2D eigenvalue weighted by molar-refractivity contribution is 5.95. The molecule has 0 unspecified atom stereocenters. The number of hydrogen-bond donors (Lipinski definition) is 1. The Hall–Kier alpha value is -3.17. The van der Waals surface area contributed by atoms with Crippen LogP contribution in [0.4, 0.5) is 10.6 Å². The standard InChI is InChI=1S/C24H32N6O3/c1-17-5-6-20-18(13-17)14-19(25-20)15-27(2)24(32)29(4)23-21(16-31)28(3)22(26-23)7-8-30-9-11-33-12-10-30/h5-6,13-14,16,25H,7-12,15H2,1-4H3. The molecule has 176 valence electrons. The predicted octanol–water partition coefficient (Wildman–Crippen LogP) is 2.59. The number of amides is 2. The summed E-state index contributed by atoms with van der Waals surface area (Å²) in [7, 11) is 5.23. The van der Waals surface area contributed by atoms with Gasteiger partial charge in [-0.25, -0.2) is 9.78 Å². The third kappa shape index (κ3) is 4.94. The van der Waals surface area contributed by atoms with E-state index in [4.69, 9.17) is 4.74 Å². The molecule has 9 heteroatoms. The van der Waals surface area contributed by atoms with Crippen LogP contribution in [0.1, 0.15) is 27.6 Å². The van der Waals surface area contributed by atoms with Crippen molar-refractivity contribution >= 4 is 29.0 Å². The Morgan fingerprint density at radius 3 is 2.73 bits per heavy atom. The third-order valence-electron chi connectivity index (χ3n) is 6.25. The van der Waals surface area contributed by atoms with Crippen LogP contribution in [0.15, 0.2) is 24.3 Å². The lowest BCUT2D eigenvalue weighted by atomic mass is 10.2. The molecule has 0 aliphatic carbocycles. The molecule has 1 N–H and O–H groups in total. The fourth-order valence-corrected chi connectivity index (χ4v) is 4.30. The number of urea groups is 1. The summed E-state index contributed by atoms with van der Waals surface area (Å²) in [6.45, 7) is 6.59. The maximum atomic E-state index is 13.2. The molecule has 4 rings (SSSR count). The minimum atomic E-state index is -0.231. The molecule has 33 heavy (non-hydrogen) atoms. The number of nitrogens with zero attached hydrogens (tertiary/aromatic N) is 5. The summed E-state index contributed by atoms with van der Waals surface area (Å²) in [5.41, 5.74) is 3.58. The van der Waals surface area contributed by atoms with Crippen LogP contribution in [0, 0.1) is 6.92 Å². The van der Waals surface area contributed by atoms with Crippen molar-refractivity contribution in [2.75, 3.05) is 51.8 Å². The molecule has 2 amide bonds. The number of ether oxygens (including phenoxy) is 1. The molecule has 0 radical (unpaired) electrons. The zero-order valence-electron chi connectivity index (χ0n) is 19.8. The first-order valence-corrected chi connectivity index (χ1v) is 11.3. The summed E-state index contributed by atoms with van der Waals surface area (Å²) in [4.78, 5) is 38.4. The molecule has 0 saturated carbocycles. The summed E-state index contributed by atoms with van der Waals surface area (Å²) in [5, 5.41) is 1.12. The van der Waals surface area contributed by atoms with Gasteiger partial charge in [0.05, 0.1) is 19.8 Å². The minimum Gasteiger partial charge on any atom is -0.379 e. The number of rotatable bonds is 7. The predicted molar refractivity (Wildman–Crippen MR) is 128 cm³/mol. The molecule has 0 atom stereocenters. The van der Waals surface area contributed by atoms with Crippen LogP contribution in [0.3, 0.4) is 0 Å². The molecule has 0 bridgehead atoms. The highest BCUT2D eigenvalue weighted by Gasteiger charge is 2.24. The van der Waals surface area contributed by atoms with Crippen molar-refractivity contribution < 1.29 is 14.3 Å². The number of carbonyl (C=O) groups excluding carboxylic acids is 2. The second-order valence-electron chi connectivity index (χ2n) is 8.70. The van der Waals surface area contributed by atoms with E-state index in [1.165, 1.54) is 10.5 Å². The first kappa shape index (κ1) is 23.0. The van der Waals surface area contributed by atoms with E-state index < -0.39 is 0 Å². The summed E-state index contributed by atoms with van der Waals surface area (Å²) < 4.78 is 7.19. The topological polar surface area (TPSA) is 86.7 Å². The maximum absolute atomic E-state index is 13.2. The molecular formula is C24H32N6O3. The highest BCUT2D eigenvalue weighted by Crippen LogP contribution is 2.22. The van der Waals surface area contributed by atoms with Crippen LogP contribution < -0.4 is 4.90 Å². The van der Waals surface area contributed by atoms with Crippen LogP contribution in [0.2, 0.25) is 0 Å². The average Bonchev–Trinajstić information content (AvgIpc) is 3.36. The number of H-pyrrole nitrogens is 1. The van der Waals surface area contributed by atoms with Crippen molar-refractivity contribution in [2.45, 2.75) is 19.9 Å². The van der Waals surface area contributed by atoms with E-state index in [0.29, 0.717) is 24.5 Å². The molecular weight excluding hydrogens is 420 g/mol. The van der Waals surface area contributed by atoms with Crippen molar-refractivity contribution in [3.63, 3.8) is 0 Å². The maximum Gasteiger partial charge on any atom is 0.325 e. The van der Waals surface area contributed by atoms with Crippen molar-refractivity contribution in [3.8, 4) is 0 Å². The molecule has 1 aromatic carbocycles. The van der Waals surface area contributed by atoms with E-state index in [1.54, 1.807) is 23.6 Å². The Labute approximate surface area is 193 Å². The number of hydrogen-bond acceptors (Lipinski definition) is 5. The number of carbonyl (C=O) groups is 2. The number of anilines is 1. The second kappa shape index (κ2) is 9.76. The number of aromatic nitrogens is 3. The first-order valence-electron chi connectivity index (χ1n) is 11.3. The van der Waals surface area contributed by atoms with E-state index in [0.717, 1.165) is 61.6 Å². The molecule has 9 nitrogen and oxygen atoms in total. The lowest BCUT2D eigenvalue weighted by Gasteiger charge is -2.26. The smallest absolute Gasteiger partial charge is 0.325 e. The van der Waals surface area contributed by atoms with Crippen molar-refractivity contribution in [3.05, 3.63) is 47.0 Å². The first-order chi connectivity index (χ1) is 15.9. The number of benzene rings is 1. The van der Waals surface area contributed by atoms with E-state index in [1.807, 2.05) is 13.1 Å². The number of imidazole rings is 1. The fraction of sp³-hybridized carbons (Fsp3) is 0.458. The van der Waals surface area contributed by atoms with Gasteiger partial charge in [-0.1, -0.05) is 11.6 Å². The molecule has 2 aromatic heterocycles. The van der Waals surface area contributed by atoms with Gasteiger partial charge in [0.15, 0.2) is 12.1 Å². The molecule has 1 aliphatic rings. The van der Waals surface area contributed by atoms with E-state index in [2.05, 4.69) is 40.0 Å². The zero-order valence-corrected chi connectivity index (χ0v) is 19.8. The van der Waals surface area contributed by atoms with Gasteiger partial charge in [0.25, 0.3) is 0 Å². The molecule has 1 fully saturated rings. The number of aryl methyl sites for hydroxylation is 1. The molecule has 1 saturated heterocycles. The number of fused-ring (bicyclic) bond motifs is 1. The van der Waals surface area contributed by atoms with E-state index in [-0.39, 0.29) is 6.03 Å². The van der Waals surface area contributed by atoms with Crippen LogP contribution >= 0.6 is 0 Å². The SMILES string of the molecule is Cc1ccc2[nH]c(CN(C)C(=O)N(C)c3nc(CCN4CCOCC4)n(C)c3C=O)cc2c1. The molecule has 3 heterocycles. The Balaban J connectivity index is 1.46. The Kier molecular flexibility index (Phi) is 6.80. The zero-order chi connectivity index (χ0) is 23.5. The Morgan fingerprint density at radius 1 is 1.24 bits per heavy atom. The molecule has 1 aliphatic heterocycles. The summed E-state index contributed by atoms with van der Waals surface area (Å²) >= 11 is 0. The van der Waals surface area contributed by atoms with Gasteiger partial charge in [-0.3, -0.25) is 14.6 Å². The number of morpholine rings is 1. The fourth-order valence-electron chi connectivity index (χ4n) is 4.30. The van der Waals surface area contributed by atoms with Crippen molar-refractivity contribution in [2.24, 2.45) is 7.05 Å². The van der Waals surface area contributed by atoms with Crippen LogP contribution in [-0.2, 0) is 24.8 Å². The van der Waals surface area contributed by atoms with Gasteiger partial charge in [-0.05, 0) is 30.5 Å². The number of aromatic amines is 1. The van der Waals surface area contributed by atoms with E-state index in [9.17, 15) is 9.59 Å². The van der Waals surface area contributed by atoms with Crippen molar-refractivity contribution in [1.82, 2.24) is 24.3 Å². The van der Waals surface area contributed by atoms with Crippen LogP contribution in [0.5, 0.6) is 0 Å². The third-order valence-corrected chi connectivity index (χ3v) is 6.25. The monoisotopic (exact) mass is 452 g/mol. The van der Waals surface area contributed by atoms with Gasteiger partial charge in [-0.15, -0.1) is 0 Å². The number of aldehydes is 1.